The number of anilines is 2. The molecule has 0 radical (unpaired) electrons. The molecule has 0 spiro atoms. The first-order valence-electron chi connectivity index (χ1n) is 11.7. The number of hydrogen-bond donors (Lipinski definition) is 2. The Balaban J connectivity index is 1.45. The maximum atomic E-state index is 13.2. The van der Waals surface area contributed by atoms with Gasteiger partial charge in [0.2, 0.25) is 0 Å². The van der Waals surface area contributed by atoms with Crippen molar-refractivity contribution in [2.75, 3.05) is 17.2 Å². The molecule has 1 aliphatic carbocycles. The summed E-state index contributed by atoms with van der Waals surface area (Å²) in [6.45, 7) is 6.10. The Hall–Kier alpha value is -3.16. The summed E-state index contributed by atoms with van der Waals surface area (Å²) in [5.41, 5.74) is 9.15. The Morgan fingerprint density at radius 2 is 1.79 bits per heavy atom. The normalized spacial score (nSPS) is 21.6. The predicted octanol–water partition coefficient (Wildman–Crippen LogP) is 4.04. The lowest BCUT2D eigenvalue weighted by Crippen LogP contribution is -2.39. The van der Waals surface area contributed by atoms with Crippen LogP contribution < -0.4 is 15.4 Å². The number of nitrogens with zero attached hydrogens (tertiary/aromatic N) is 3. The minimum absolute atomic E-state index is 0.0765. The Labute approximate surface area is 194 Å². The topological polar surface area (TPSA) is 119 Å². The van der Waals surface area contributed by atoms with Gasteiger partial charge in [-0.3, -0.25) is 9.59 Å². The fourth-order valence-electron chi connectivity index (χ4n) is 4.96. The highest BCUT2D eigenvalue weighted by molar-refractivity contribution is 6.10. The Morgan fingerprint density at radius 1 is 1.12 bits per heavy atom. The van der Waals surface area contributed by atoms with Gasteiger partial charge in [-0.1, -0.05) is 19.1 Å². The second-order valence-corrected chi connectivity index (χ2v) is 9.42. The number of carbonyl (C=O) groups excluding carboxylic acids is 1. The molecule has 1 aromatic heterocycles. The van der Waals surface area contributed by atoms with Gasteiger partial charge in [-0.15, -0.1) is 0 Å². The molecule has 8 heteroatoms. The highest BCUT2D eigenvalue weighted by Gasteiger charge is 2.32. The van der Waals surface area contributed by atoms with Crippen molar-refractivity contribution < 1.29 is 19.4 Å². The van der Waals surface area contributed by atoms with Crippen LogP contribution in [0.3, 0.4) is 0 Å². The Morgan fingerprint density at radius 3 is 2.39 bits per heavy atom. The molecule has 0 bridgehead atoms. The lowest BCUT2D eigenvalue weighted by atomic mass is 9.74. The number of rotatable bonds is 6. The molecule has 1 aliphatic heterocycles. The smallest absolute Gasteiger partial charge is 0.318 e. The van der Waals surface area contributed by atoms with E-state index in [-0.39, 0.29) is 35.7 Å². The fourth-order valence-corrected chi connectivity index (χ4v) is 4.96. The van der Waals surface area contributed by atoms with Crippen LogP contribution in [0.5, 0.6) is 6.01 Å². The standard InChI is InChI=1S/C25H32N4O4/c1-14(2)33-25-27-20-12-13-29(23(30)21(20)22(26)28-25)19-10-8-18(9-11-19)17-6-4-16(5-7-17)15(3)24(31)32/h8-11,14-17H,4-7,12-13H2,1-3H3,(H,31,32)(H2,26,27,28). The number of carbonyl (C=O) groups is 2. The average molecular weight is 453 g/mol. The van der Waals surface area contributed by atoms with Gasteiger partial charge in [0.1, 0.15) is 11.4 Å². The van der Waals surface area contributed by atoms with Crippen LogP contribution >= 0.6 is 0 Å². The monoisotopic (exact) mass is 452 g/mol. The van der Waals surface area contributed by atoms with Crippen LogP contribution in [-0.4, -0.2) is 39.6 Å². The third kappa shape index (κ3) is 4.79. The summed E-state index contributed by atoms with van der Waals surface area (Å²) >= 11 is 0. The number of aliphatic carboxylic acids is 1. The minimum Gasteiger partial charge on any atom is -0.481 e. The van der Waals surface area contributed by atoms with Crippen molar-refractivity contribution in [1.82, 2.24) is 9.97 Å². The number of carboxylic acids is 1. The largest absolute Gasteiger partial charge is 0.481 e. The van der Waals surface area contributed by atoms with Crippen LogP contribution in [-0.2, 0) is 11.2 Å². The highest BCUT2D eigenvalue weighted by atomic mass is 16.5. The van der Waals surface area contributed by atoms with Crippen LogP contribution in [0.15, 0.2) is 24.3 Å². The van der Waals surface area contributed by atoms with Crippen molar-refractivity contribution in [3.63, 3.8) is 0 Å². The van der Waals surface area contributed by atoms with Gasteiger partial charge < -0.3 is 20.5 Å². The molecular formula is C25H32N4O4. The molecule has 0 saturated heterocycles. The molecule has 2 aliphatic rings. The zero-order valence-corrected chi connectivity index (χ0v) is 19.5. The predicted molar refractivity (Wildman–Crippen MR) is 126 cm³/mol. The average Bonchev–Trinajstić information content (AvgIpc) is 2.78. The van der Waals surface area contributed by atoms with Crippen LogP contribution in [0.1, 0.15) is 74.0 Å². The first kappa shape index (κ1) is 23.0. The Kier molecular flexibility index (Phi) is 6.54. The summed E-state index contributed by atoms with van der Waals surface area (Å²) in [6, 6.07) is 8.35. The summed E-state index contributed by atoms with van der Waals surface area (Å²) in [5.74, 6) is -0.355. The van der Waals surface area contributed by atoms with Gasteiger partial charge in [0, 0.05) is 18.7 Å². The van der Waals surface area contributed by atoms with Gasteiger partial charge in [0.05, 0.1) is 17.7 Å². The molecule has 1 aromatic carbocycles. The summed E-state index contributed by atoms with van der Waals surface area (Å²) < 4.78 is 5.55. The van der Waals surface area contributed by atoms with Crippen molar-refractivity contribution in [3.05, 3.63) is 41.1 Å². The van der Waals surface area contributed by atoms with Crippen LogP contribution in [0.2, 0.25) is 0 Å². The van der Waals surface area contributed by atoms with E-state index in [1.54, 1.807) is 4.90 Å². The van der Waals surface area contributed by atoms with Crippen molar-refractivity contribution in [1.29, 1.82) is 0 Å². The molecule has 1 unspecified atom stereocenters. The maximum Gasteiger partial charge on any atom is 0.318 e. The van der Waals surface area contributed by atoms with E-state index in [0.29, 0.717) is 30.1 Å². The quantitative estimate of drug-likeness (QED) is 0.679. The van der Waals surface area contributed by atoms with Gasteiger partial charge in [0.15, 0.2) is 0 Å². The van der Waals surface area contributed by atoms with Gasteiger partial charge in [-0.2, -0.15) is 9.97 Å². The van der Waals surface area contributed by atoms with Gasteiger partial charge in [0.25, 0.3) is 5.91 Å². The lowest BCUT2D eigenvalue weighted by molar-refractivity contribution is -0.143. The molecule has 1 atom stereocenters. The molecule has 2 aromatic rings. The molecule has 1 saturated carbocycles. The molecule has 176 valence electrons. The summed E-state index contributed by atoms with van der Waals surface area (Å²) in [4.78, 5) is 34.7. The third-order valence-electron chi connectivity index (χ3n) is 6.91. The molecular weight excluding hydrogens is 420 g/mol. The molecule has 8 nitrogen and oxygen atoms in total. The molecule has 1 fully saturated rings. The first-order chi connectivity index (χ1) is 15.7. The molecule has 3 N–H and O–H groups in total. The number of aromatic nitrogens is 2. The van der Waals surface area contributed by atoms with Crippen LogP contribution in [0.25, 0.3) is 0 Å². The zero-order chi connectivity index (χ0) is 23.7. The summed E-state index contributed by atoms with van der Waals surface area (Å²) in [5, 5.41) is 9.27. The number of nitrogens with two attached hydrogens (primary N) is 1. The number of fused-ring (bicyclic) bond motifs is 1. The lowest BCUT2D eigenvalue weighted by Gasteiger charge is -2.31. The van der Waals surface area contributed by atoms with E-state index in [1.165, 1.54) is 5.56 Å². The first-order valence-corrected chi connectivity index (χ1v) is 11.7. The van der Waals surface area contributed by atoms with Gasteiger partial charge in [-0.25, -0.2) is 0 Å². The van der Waals surface area contributed by atoms with Gasteiger partial charge in [-0.05, 0) is 69.1 Å². The molecule has 2 heterocycles. The number of carboxylic acid groups (broad SMARTS) is 1. The van der Waals surface area contributed by atoms with Crippen molar-refractivity contribution in [3.8, 4) is 6.01 Å². The van der Waals surface area contributed by atoms with E-state index >= 15 is 0 Å². The molecule has 33 heavy (non-hydrogen) atoms. The van der Waals surface area contributed by atoms with Crippen molar-refractivity contribution in [2.24, 2.45) is 11.8 Å². The van der Waals surface area contributed by atoms with Crippen LogP contribution in [0, 0.1) is 11.8 Å². The number of benzene rings is 1. The minimum atomic E-state index is -0.703. The van der Waals surface area contributed by atoms with Crippen molar-refractivity contribution >= 4 is 23.4 Å². The second kappa shape index (κ2) is 9.37. The van der Waals surface area contributed by atoms with Gasteiger partial charge >= 0.3 is 12.0 Å². The maximum absolute atomic E-state index is 13.2. The molecule has 4 rings (SSSR count). The van der Waals surface area contributed by atoms with E-state index < -0.39 is 5.97 Å². The van der Waals surface area contributed by atoms with E-state index in [0.717, 1.165) is 31.4 Å². The van der Waals surface area contributed by atoms with Crippen molar-refractivity contribution in [2.45, 2.75) is 64.9 Å². The number of nitrogen functional groups attached to an aromatic ring is 1. The van der Waals surface area contributed by atoms with E-state index in [2.05, 4.69) is 22.1 Å². The Bertz CT molecular complexity index is 1030. The third-order valence-corrected chi connectivity index (χ3v) is 6.91. The molecule has 1 amide bonds. The summed E-state index contributed by atoms with van der Waals surface area (Å²) in [6.07, 6.45) is 4.35. The summed E-state index contributed by atoms with van der Waals surface area (Å²) in [7, 11) is 0. The highest BCUT2D eigenvalue weighted by Crippen LogP contribution is 2.39. The van der Waals surface area contributed by atoms with E-state index in [1.807, 2.05) is 32.9 Å². The number of ether oxygens (including phenoxy) is 1. The number of amides is 1. The van der Waals surface area contributed by atoms with E-state index in [4.69, 9.17) is 10.5 Å². The van der Waals surface area contributed by atoms with E-state index in [9.17, 15) is 14.7 Å². The fraction of sp³-hybridized carbons (Fsp3) is 0.520. The second-order valence-electron chi connectivity index (χ2n) is 9.42. The SMILES string of the molecule is CC(C)Oc1nc(N)c2c(n1)CCN(c1ccc(C3CCC(C(C)C(=O)O)CC3)cc1)C2=O. The number of hydrogen-bond acceptors (Lipinski definition) is 6. The van der Waals surface area contributed by atoms with Crippen LogP contribution in [0.4, 0.5) is 11.5 Å². The zero-order valence-electron chi connectivity index (χ0n) is 19.5.